The zero-order valence-electron chi connectivity index (χ0n) is 13.1. The number of rotatable bonds is 3. The molecule has 0 saturated carbocycles. The van der Waals surface area contributed by atoms with Crippen molar-refractivity contribution in [2.45, 2.75) is 0 Å². The summed E-state index contributed by atoms with van der Waals surface area (Å²) in [4.78, 5) is 4.55. The number of aromatic nitrogens is 4. The fourth-order valence-electron chi connectivity index (χ4n) is 2.73. The van der Waals surface area contributed by atoms with Gasteiger partial charge in [0.1, 0.15) is 35.2 Å². The molecule has 0 aliphatic carbocycles. The van der Waals surface area contributed by atoms with Crippen molar-refractivity contribution in [3.63, 3.8) is 0 Å². The van der Waals surface area contributed by atoms with E-state index in [9.17, 15) is 9.65 Å². The van der Waals surface area contributed by atoms with Crippen molar-refractivity contribution in [3.05, 3.63) is 60.0 Å². The van der Waals surface area contributed by atoms with E-state index in [-0.39, 0.29) is 11.5 Å². The Kier molecular flexibility index (Phi) is 3.95. The minimum Gasteiger partial charge on any atom is -0.386 e. The molecular weight excluding hydrogens is 357 g/mol. The van der Waals surface area contributed by atoms with Gasteiger partial charge in [0.25, 0.3) is 0 Å². The summed E-state index contributed by atoms with van der Waals surface area (Å²) in [6.07, 6.45) is 0. The second-order valence-corrected chi connectivity index (χ2v) is 5.60. The van der Waals surface area contributed by atoms with Crippen LogP contribution in [0.5, 0.6) is 5.75 Å². The summed E-state index contributed by atoms with van der Waals surface area (Å²) in [6.45, 7) is 0. The Bertz CT molecular complexity index is 1150. The number of nitriles is 1. The number of H-pyrrole nitrogens is 1. The Morgan fingerprint density at radius 1 is 1.08 bits per heavy atom. The fraction of sp³-hybridized carbons (Fsp3) is 0. The minimum absolute atomic E-state index is 0.131. The number of fused-ring (bicyclic) bond motifs is 1. The lowest BCUT2D eigenvalue weighted by atomic mass is 9.99. The van der Waals surface area contributed by atoms with Crippen LogP contribution in [0.25, 0.3) is 33.4 Å². The molecule has 2 aromatic heterocycles. The van der Waals surface area contributed by atoms with Crippen LogP contribution in [0.4, 0.5) is 4.39 Å². The van der Waals surface area contributed by atoms with Crippen LogP contribution in [-0.4, -0.2) is 20.4 Å². The van der Waals surface area contributed by atoms with Crippen molar-refractivity contribution in [1.29, 1.82) is 5.26 Å². The van der Waals surface area contributed by atoms with Crippen molar-refractivity contribution in [1.82, 2.24) is 20.4 Å². The summed E-state index contributed by atoms with van der Waals surface area (Å²) in [7, 11) is 0. The van der Waals surface area contributed by atoms with E-state index in [1.165, 1.54) is 12.1 Å². The molecule has 0 fully saturated rings. The molecule has 2 aromatic carbocycles. The van der Waals surface area contributed by atoms with E-state index in [0.29, 0.717) is 22.7 Å². The topological polar surface area (TPSA) is 87.5 Å². The van der Waals surface area contributed by atoms with Gasteiger partial charge in [-0.3, -0.25) is 0 Å². The minimum atomic E-state index is -0.326. The number of hydrogen-bond acceptors (Lipinski definition) is 5. The van der Waals surface area contributed by atoms with Crippen LogP contribution in [0, 0.1) is 17.1 Å². The molecule has 1 N–H and O–H groups in total. The van der Waals surface area contributed by atoms with Gasteiger partial charge in [-0.2, -0.15) is 15.6 Å². The monoisotopic (exact) mass is 365 g/mol. The molecule has 0 spiro atoms. The number of nitrogens with zero attached hydrogens (tertiary/aromatic N) is 4. The molecule has 0 amide bonds. The molecule has 0 radical (unpaired) electrons. The summed E-state index contributed by atoms with van der Waals surface area (Å²) in [6, 6.07) is 15.1. The molecular formula is C18H9ClFN5O. The zero-order chi connectivity index (χ0) is 18.1. The average molecular weight is 366 g/mol. The van der Waals surface area contributed by atoms with E-state index >= 15 is 0 Å². The van der Waals surface area contributed by atoms with Crippen LogP contribution in [0.2, 0.25) is 0 Å². The summed E-state index contributed by atoms with van der Waals surface area (Å²) in [5, 5.41) is 20.3. The lowest BCUT2D eigenvalue weighted by Gasteiger charge is -2.10. The zero-order valence-corrected chi connectivity index (χ0v) is 13.8. The predicted molar refractivity (Wildman–Crippen MR) is 93.7 cm³/mol. The van der Waals surface area contributed by atoms with Gasteiger partial charge in [0.15, 0.2) is 5.69 Å². The number of benzene rings is 2. The number of nitrogens with one attached hydrogen (secondary N) is 1. The molecule has 0 atom stereocenters. The van der Waals surface area contributed by atoms with Gasteiger partial charge in [-0.25, -0.2) is 9.37 Å². The highest BCUT2D eigenvalue weighted by molar-refractivity contribution is 6.09. The summed E-state index contributed by atoms with van der Waals surface area (Å²) in [5.41, 5.74) is 3.10. The third-order valence-corrected chi connectivity index (χ3v) is 4.10. The molecule has 0 saturated heterocycles. The van der Waals surface area contributed by atoms with Gasteiger partial charge < -0.3 is 4.29 Å². The highest BCUT2D eigenvalue weighted by Gasteiger charge is 2.16. The standard InChI is InChI=1S/C18H9ClFN5O/c19-26-12-5-6-13-14(10-1-3-11(20)4-2-10)8-16(22-15(13)7-12)18-17(9-21)23-25-24-18/h1-8H,(H,23,24,25). The van der Waals surface area contributed by atoms with Gasteiger partial charge in [0, 0.05) is 11.5 Å². The van der Waals surface area contributed by atoms with Crippen LogP contribution in [0.15, 0.2) is 48.5 Å². The number of halogens is 2. The first kappa shape index (κ1) is 16.0. The van der Waals surface area contributed by atoms with E-state index in [4.69, 9.17) is 16.2 Å². The third-order valence-electron chi connectivity index (χ3n) is 3.92. The predicted octanol–water partition coefficient (Wildman–Crippen LogP) is 4.23. The van der Waals surface area contributed by atoms with Crippen molar-refractivity contribution >= 4 is 22.8 Å². The van der Waals surface area contributed by atoms with Crippen LogP contribution in [0.3, 0.4) is 0 Å². The van der Waals surface area contributed by atoms with E-state index < -0.39 is 0 Å². The second-order valence-electron chi connectivity index (χ2n) is 5.45. The van der Waals surface area contributed by atoms with Crippen LogP contribution in [-0.2, 0) is 0 Å². The second kappa shape index (κ2) is 6.43. The smallest absolute Gasteiger partial charge is 0.192 e. The quantitative estimate of drug-likeness (QED) is 0.587. The number of pyridine rings is 1. The van der Waals surface area contributed by atoms with Crippen molar-refractivity contribution in [2.24, 2.45) is 0 Å². The van der Waals surface area contributed by atoms with Gasteiger partial charge in [-0.05, 0) is 41.5 Å². The van der Waals surface area contributed by atoms with Gasteiger partial charge in [0.05, 0.1) is 11.2 Å². The van der Waals surface area contributed by atoms with Gasteiger partial charge in [-0.15, -0.1) is 5.10 Å². The highest BCUT2D eigenvalue weighted by atomic mass is 35.5. The Hall–Kier alpha value is -3.50. The van der Waals surface area contributed by atoms with Gasteiger partial charge >= 0.3 is 0 Å². The third kappa shape index (κ3) is 2.72. The SMILES string of the molecule is N#Cc1n[nH]nc1-c1cc(-c2ccc(F)cc2)c2ccc(OCl)cc2n1. The maximum Gasteiger partial charge on any atom is 0.192 e. The molecule has 6 nitrogen and oxygen atoms in total. The fourth-order valence-corrected chi connectivity index (χ4v) is 2.83. The van der Waals surface area contributed by atoms with E-state index in [2.05, 4.69) is 20.4 Å². The van der Waals surface area contributed by atoms with Crippen molar-refractivity contribution in [3.8, 4) is 34.3 Å². The van der Waals surface area contributed by atoms with Crippen LogP contribution in [0.1, 0.15) is 5.69 Å². The molecule has 126 valence electrons. The molecule has 0 unspecified atom stereocenters. The van der Waals surface area contributed by atoms with Gasteiger partial charge in [0.2, 0.25) is 0 Å². The summed E-state index contributed by atoms with van der Waals surface area (Å²) >= 11 is 5.45. The Morgan fingerprint density at radius 3 is 2.62 bits per heavy atom. The normalized spacial score (nSPS) is 10.7. The Labute approximate surface area is 152 Å². The highest BCUT2D eigenvalue weighted by Crippen LogP contribution is 2.34. The van der Waals surface area contributed by atoms with Gasteiger partial charge in [-0.1, -0.05) is 12.1 Å². The lowest BCUT2D eigenvalue weighted by molar-refractivity contribution is 0.620. The largest absolute Gasteiger partial charge is 0.386 e. The van der Waals surface area contributed by atoms with Crippen LogP contribution >= 0.6 is 11.9 Å². The van der Waals surface area contributed by atoms with Crippen molar-refractivity contribution in [2.75, 3.05) is 0 Å². The Balaban J connectivity index is 2.02. The summed E-state index contributed by atoms with van der Waals surface area (Å²) in [5.74, 6) is 0.1000. The molecule has 0 aliphatic heterocycles. The van der Waals surface area contributed by atoms with E-state index in [1.54, 1.807) is 30.3 Å². The first-order chi connectivity index (χ1) is 12.7. The number of hydrogen-bond donors (Lipinski definition) is 1. The summed E-state index contributed by atoms with van der Waals surface area (Å²) < 4.78 is 18.1. The first-order valence-electron chi connectivity index (χ1n) is 7.50. The average Bonchev–Trinajstić information content (AvgIpc) is 3.16. The Morgan fingerprint density at radius 2 is 1.88 bits per heavy atom. The molecule has 0 aliphatic rings. The molecule has 4 rings (SSSR count). The first-order valence-corrected chi connectivity index (χ1v) is 7.81. The van der Waals surface area contributed by atoms with Crippen LogP contribution < -0.4 is 4.29 Å². The van der Waals surface area contributed by atoms with E-state index in [0.717, 1.165) is 16.5 Å². The lowest BCUT2D eigenvalue weighted by Crippen LogP contribution is -1.92. The molecule has 2 heterocycles. The maximum absolute atomic E-state index is 13.3. The molecule has 8 heteroatoms. The van der Waals surface area contributed by atoms with E-state index in [1.807, 2.05) is 12.1 Å². The van der Waals surface area contributed by atoms with Crippen molar-refractivity contribution < 1.29 is 8.68 Å². The molecule has 26 heavy (non-hydrogen) atoms. The molecule has 0 bridgehead atoms. The number of aromatic amines is 1. The maximum atomic E-state index is 13.3. The molecule has 4 aromatic rings.